The Morgan fingerprint density at radius 1 is 1.23 bits per heavy atom. The van der Waals surface area contributed by atoms with E-state index < -0.39 is 0 Å². The fourth-order valence-corrected chi connectivity index (χ4v) is 4.17. The normalized spacial score (nSPS) is 14.4. The molecule has 0 bridgehead atoms. The zero-order valence-corrected chi connectivity index (χ0v) is 18.0. The number of nitriles is 1. The lowest BCUT2D eigenvalue weighted by atomic mass is 10.1. The molecule has 1 fully saturated rings. The van der Waals surface area contributed by atoms with Gasteiger partial charge in [0, 0.05) is 45.6 Å². The molecule has 9 heteroatoms. The van der Waals surface area contributed by atoms with Crippen molar-refractivity contribution >= 4 is 28.5 Å². The van der Waals surface area contributed by atoms with E-state index in [-0.39, 0.29) is 5.97 Å². The molecule has 160 valence electrons. The highest BCUT2D eigenvalue weighted by atomic mass is 16.5. The minimum atomic E-state index is -0.382. The number of pyridine rings is 2. The molecule has 3 aromatic rings. The second-order valence-electron chi connectivity index (χ2n) is 7.46. The Morgan fingerprint density at radius 3 is 2.77 bits per heavy atom. The van der Waals surface area contributed by atoms with Crippen molar-refractivity contribution in [2.24, 2.45) is 7.05 Å². The van der Waals surface area contributed by atoms with Crippen molar-refractivity contribution in [3.8, 4) is 6.07 Å². The van der Waals surface area contributed by atoms with Crippen molar-refractivity contribution in [1.82, 2.24) is 19.7 Å². The molecule has 0 atom stereocenters. The summed E-state index contributed by atoms with van der Waals surface area (Å²) in [5.74, 6) is 0.322. The van der Waals surface area contributed by atoms with Crippen LogP contribution in [0.3, 0.4) is 0 Å². The molecule has 1 aliphatic rings. The van der Waals surface area contributed by atoms with E-state index in [2.05, 4.69) is 30.9 Å². The van der Waals surface area contributed by atoms with Crippen LogP contribution in [0.1, 0.15) is 35.0 Å². The van der Waals surface area contributed by atoms with E-state index >= 15 is 0 Å². The largest absolute Gasteiger partial charge is 0.462 e. The summed E-state index contributed by atoms with van der Waals surface area (Å²) >= 11 is 0. The summed E-state index contributed by atoms with van der Waals surface area (Å²) in [6, 6.07) is 5.79. The molecule has 0 amide bonds. The van der Waals surface area contributed by atoms with Crippen LogP contribution in [0.4, 0.5) is 11.5 Å². The van der Waals surface area contributed by atoms with Crippen molar-refractivity contribution in [1.29, 1.82) is 5.26 Å². The summed E-state index contributed by atoms with van der Waals surface area (Å²) in [4.78, 5) is 26.0. The molecule has 0 unspecified atom stereocenters. The lowest BCUT2D eigenvalue weighted by Crippen LogP contribution is -2.32. The Bertz CT molecular complexity index is 1160. The van der Waals surface area contributed by atoms with Gasteiger partial charge < -0.3 is 14.5 Å². The van der Waals surface area contributed by atoms with Gasteiger partial charge in [0.05, 0.1) is 28.9 Å². The van der Waals surface area contributed by atoms with Gasteiger partial charge in [-0.25, -0.2) is 14.8 Å². The zero-order valence-electron chi connectivity index (χ0n) is 18.0. The fourth-order valence-electron chi connectivity index (χ4n) is 4.17. The van der Waals surface area contributed by atoms with E-state index in [1.807, 2.05) is 14.0 Å². The van der Waals surface area contributed by atoms with Gasteiger partial charge >= 0.3 is 5.97 Å². The van der Waals surface area contributed by atoms with Gasteiger partial charge in [-0.15, -0.1) is 0 Å². The number of hydrogen-bond donors (Lipinski definition) is 0. The molecule has 1 aliphatic heterocycles. The van der Waals surface area contributed by atoms with Crippen LogP contribution in [-0.2, 0) is 11.8 Å². The molecule has 0 spiro atoms. The maximum Gasteiger partial charge on any atom is 0.341 e. The number of aromatic nitrogens is 4. The highest BCUT2D eigenvalue weighted by molar-refractivity contribution is 6.05. The Labute approximate surface area is 180 Å². The summed E-state index contributed by atoms with van der Waals surface area (Å²) in [7, 11) is 1.85. The van der Waals surface area contributed by atoms with Crippen molar-refractivity contribution < 1.29 is 9.53 Å². The Balaban J connectivity index is 1.74. The second kappa shape index (κ2) is 8.60. The molecule has 4 rings (SSSR count). The number of anilines is 2. The maximum absolute atomic E-state index is 12.8. The van der Waals surface area contributed by atoms with Crippen LogP contribution in [0.5, 0.6) is 0 Å². The summed E-state index contributed by atoms with van der Waals surface area (Å²) < 4.78 is 7.05. The van der Waals surface area contributed by atoms with Gasteiger partial charge in [0.25, 0.3) is 0 Å². The predicted molar refractivity (Wildman–Crippen MR) is 117 cm³/mol. The van der Waals surface area contributed by atoms with Gasteiger partial charge in [0.1, 0.15) is 17.5 Å². The number of esters is 1. The molecule has 4 heterocycles. The summed E-state index contributed by atoms with van der Waals surface area (Å²) in [6.07, 6.45) is 4.15. The van der Waals surface area contributed by atoms with Crippen LogP contribution in [-0.4, -0.2) is 58.5 Å². The SMILES string of the molecule is CCOC(=O)c1cnc2c(c(C)nn2C)c1N1CCCN(c2ncccc2C#N)CC1. The van der Waals surface area contributed by atoms with Gasteiger partial charge in [-0.3, -0.25) is 4.68 Å². The Kier molecular flexibility index (Phi) is 5.71. The monoisotopic (exact) mass is 419 g/mol. The van der Waals surface area contributed by atoms with Crippen molar-refractivity contribution in [3.05, 3.63) is 41.3 Å². The third-order valence-corrected chi connectivity index (χ3v) is 5.51. The molecule has 31 heavy (non-hydrogen) atoms. The number of fused-ring (bicyclic) bond motifs is 1. The summed E-state index contributed by atoms with van der Waals surface area (Å²) in [5.41, 5.74) is 3.39. The molecule has 1 saturated heterocycles. The first-order chi connectivity index (χ1) is 15.0. The van der Waals surface area contributed by atoms with Crippen LogP contribution in [0.2, 0.25) is 0 Å². The third kappa shape index (κ3) is 3.77. The van der Waals surface area contributed by atoms with Gasteiger partial charge in [0.15, 0.2) is 5.65 Å². The van der Waals surface area contributed by atoms with Gasteiger partial charge in [0.2, 0.25) is 0 Å². The number of ether oxygens (including phenoxy) is 1. The highest BCUT2D eigenvalue weighted by Crippen LogP contribution is 2.33. The topological polar surface area (TPSA) is 100 Å². The van der Waals surface area contributed by atoms with Gasteiger partial charge in [-0.1, -0.05) is 0 Å². The van der Waals surface area contributed by atoms with Crippen LogP contribution < -0.4 is 9.80 Å². The number of hydrogen-bond acceptors (Lipinski definition) is 8. The summed E-state index contributed by atoms with van der Waals surface area (Å²) in [5, 5.41) is 14.8. The molecule has 9 nitrogen and oxygen atoms in total. The highest BCUT2D eigenvalue weighted by Gasteiger charge is 2.27. The molecule has 0 N–H and O–H groups in total. The minimum Gasteiger partial charge on any atom is -0.462 e. The van der Waals surface area contributed by atoms with E-state index in [1.54, 1.807) is 36.1 Å². The number of carbonyl (C=O) groups is 1. The molecule has 0 aliphatic carbocycles. The Morgan fingerprint density at radius 2 is 2.00 bits per heavy atom. The predicted octanol–water partition coefficient (Wildman–Crippen LogP) is 2.44. The van der Waals surface area contributed by atoms with E-state index in [1.165, 1.54) is 0 Å². The number of carbonyl (C=O) groups excluding carboxylic acids is 1. The average molecular weight is 419 g/mol. The quantitative estimate of drug-likeness (QED) is 0.595. The third-order valence-electron chi connectivity index (χ3n) is 5.51. The first-order valence-corrected chi connectivity index (χ1v) is 10.4. The molecule has 0 aromatic carbocycles. The standard InChI is InChI=1S/C22H25N7O2/c1-4-31-22(30)17-14-25-21-18(15(2)26-27(21)3)19(17)28-9-6-10-29(12-11-28)20-16(13-23)7-5-8-24-20/h5,7-8,14H,4,6,9-12H2,1-3H3. The van der Waals surface area contributed by atoms with Crippen LogP contribution in [0.25, 0.3) is 11.0 Å². The molecule has 0 saturated carbocycles. The second-order valence-corrected chi connectivity index (χ2v) is 7.46. The van der Waals surface area contributed by atoms with Crippen molar-refractivity contribution in [2.75, 3.05) is 42.6 Å². The first kappa shape index (κ1) is 20.6. The van der Waals surface area contributed by atoms with Crippen molar-refractivity contribution in [3.63, 3.8) is 0 Å². The van der Waals surface area contributed by atoms with E-state index in [4.69, 9.17) is 4.74 Å². The van der Waals surface area contributed by atoms with Crippen LogP contribution in [0.15, 0.2) is 24.5 Å². The van der Waals surface area contributed by atoms with Gasteiger partial charge in [-0.05, 0) is 32.4 Å². The molecule has 0 radical (unpaired) electrons. The van der Waals surface area contributed by atoms with Gasteiger partial charge in [-0.2, -0.15) is 10.4 Å². The smallest absolute Gasteiger partial charge is 0.341 e. The molecular weight excluding hydrogens is 394 g/mol. The number of nitrogens with zero attached hydrogens (tertiary/aromatic N) is 7. The maximum atomic E-state index is 12.8. The molecular formula is C22H25N7O2. The van der Waals surface area contributed by atoms with Crippen LogP contribution >= 0.6 is 0 Å². The van der Waals surface area contributed by atoms with E-state index in [9.17, 15) is 10.1 Å². The first-order valence-electron chi connectivity index (χ1n) is 10.4. The average Bonchev–Trinajstić information content (AvgIpc) is 2.95. The fraction of sp³-hybridized carbons (Fsp3) is 0.409. The zero-order chi connectivity index (χ0) is 22.0. The summed E-state index contributed by atoms with van der Waals surface area (Å²) in [6.45, 7) is 6.90. The lowest BCUT2D eigenvalue weighted by Gasteiger charge is -2.26. The van der Waals surface area contributed by atoms with Crippen LogP contribution in [0, 0.1) is 18.3 Å². The van der Waals surface area contributed by atoms with E-state index in [0.29, 0.717) is 36.6 Å². The number of aryl methyl sites for hydroxylation is 2. The lowest BCUT2D eigenvalue weighted by molar-refractivity contribution is 0.0527. The molecule has 3 aromatic heterocycles. The van der Waals surface area contributed by atoms with Crippen molar-refractivity contribution in [2.45, 2.75) is 20.3 Å². The number of rotatable bonds is 4. The van der Waals surface area contributed by atoms with E-state index in [0.717, 1.165) is 41.9 Å². The minimum absolute atomic E-state index is 0.298. The Hall–Kier alpha value is -3.67.